The van der Waals surface area contributed by atoms with Gasteiger partial charge < -0.3 is 5.32 Å². The summed E-state index contributed by atoms with van der Waals surface area (Å²) in [7, 11) is 0. The Hall–Kier alpha value is -0.670. The highest BCUT2D eigenvalue weighted by Crippen LogP contribution is 2.26. The van der Waals surface area contributed by atoms with Gasteiger partial charge in [-0.3, -0.25) is 4.79 Å². The third-order valence-electron chi connectivity index (χ3n) is 2.43. The van der Waals surface area contributed by atoms with E-state index in [1.807, 2.05) is 24.3 Å². The van der Waals surface area contributed by atoms with Gasteiger partial charge in [0.1, 0.15) is 0 Å². The second kappa shape index (κ2) is 7.94. The molecule has 0 aliphatic carbocycles. The Morgan fingerprint density at radius 2 is 2.10 bits per heavy atom. The van der Waals surface area contributed by atoms with Crippen LogP contribution in [-0.4, -0.2) is 28.3 Å². The number of thioether (sulfide) groups is 1. The molecule has 0 unspecified atom stereocenters. The molecule has 20 heavy (non-hydrogen) atoms. The summed E-state index contributed by atoms with van der Waals surface area (Å²) in [6.07, 6.45) is 1.05. The highest BCUT2D eigenvalue weighted by Gasteiger charge is 2.09. The fourth-order valence-corrected chi connectivity index (χ4v) is 3.45. The van der Waals surface area contributed by atoms with Crippen LogP contribution in [0, 0.1) is 3.57 Å². The molecule has 0 fully saturated rings. The van der Waals surface area contributed by atoms with Crippen LogP contribution < -0.4 is 5.32 Å². The zero-order valence-electron chi connectivity index (χ0n) is 10.9. The molecular weight excluding hydrogens is 405 g/mol. The molecule has 0 aliphatic heterocycles. The zero-order valence-corrected chi connectivity index (χ0v) is 14.7. The van der Waals surface area contributed by atoms with E-state index in [-0.39, 0.29) is 5.78 Å². The molecule has 2 aromatic rings. The molecule has 1 heterocycles. The van der Waals surface area contributed by atoms with E-state index in [0.29, 0.717) is 5.75 Å². The van der Waals surface area contributed by atoms with Gasteiger partial charge in [-0.15, -0.1) is 10.2 Å². The number of Topliss-reactive ketones (excluding diaryl/α,β-unsaturated/α-hetero) is 1. The molecule has 4 nitrogen and oxygen atoms in total. The molecule has 2 rings (SSSR count). The SMILES string of the molecule is CCCNc1nnc(SCC(=O)c2ccc(I)cc2)s1. The number of aromatic nitrogens is 2. The van der Waals surface area contributed by atoms with E-state index in [0.717, 1.165) is 31.6 Å². The number of carbonyl (C=O) groups excluding carboxylic acids is 1. The molecule has 0 spiro atoms. The summed E-state index contributed by atoms with van der Waals surface area (Å²) in [4.78, 5) is 12.0. The highest BCUT2D eigenvalue weighted by atomic mass is 127. The fraction of sp³-hybridized carbons (Fsp3) is 0.308. The van der Waals surface area contributed by atoms with E-state index in [1.165, 1.54) is 23.1 Å². The number of nitrogens with zero attached hydrogens (tertiary/aromatic N) is 2. The van der Waals surface area contributed by atoms with Gasteiger partial charge in [0.25, 0.3) is 0 Å². The van der Waals surface area contributed by atoms with Crippen LogP contribution >= 0.6 is 45.7 Å². The number of ketones is 1. The van der Waals surface area contributed by atoms with Crippen molar-refractivity contribution in [2.75, 3.05) is 17.6 Å². The van der Waals surface area contributed by atoms with Gasteiger partial charge in [0, 0.05) is 15.7 Å². The summed E-state index contributed by atoms with van der Waals surface area (Å²) in [5.41, 5.74) is 0.742. The second-order valence-corrected chi connectivity index (χ2v) is 7.46. The highest BCUT2D eigenvalue weighted by molar-refractivity contribution is 14.1. The van der Waals surface area contributed by atoms with Gasteiger partial charge >= 0.3 is 0 Å². The summed E-state index contributed by atoms with van der Waals surface area (Å²) in [6, 6.07) is 7.60. The second-order valence-electron chi connectivity index (χ2n) is 4.02. The smallest absolute Gasteiger partial charge is 0.206 e. The first-order valence-electron chi connectivity index (χ1n) is 6.18. The van der Waals surface area contributed by atoms with Gasteiger partial charge in [-0.2, -0.15) is 0 Å². The summed E-state index contributed by atoms with van der Waals surface area (Å²) in [5.74, 6) is 0.507. The molecule has 0 atom stereocenters. The van der Waals surface area contributed by atoms with Crippen LogP contribution in [0.1, 0.15) is 23.7 Å². The quantitative estimate of drug-likeness (QED) is 0.419. The maximum atomic E-state index is 12.0. The Balaban J connectivity index is 1.86. The third-order valence-corrected chi connectivity index (χ3v) is 5.16. The van der Waals surface area contributed by atoms with Gasteiger partial charge in [0.05, 0.1) is 5.75 Å². The predicted molar refractivity (Wildman–Crippen MR) is 92.9 cm³/mol. The predicted octanol–water partition coefficient (Wildman–Crippen LogP) is 3.94. The van der Waals surface area contributed by atoms with E-state index in [2.05, 4.69) is 45.0 Å². The largest absolute Gasteiger partial charge is 0.360 e. The molecule has 0 aliphatic rings. The maximum absolute atomic E-state index is 12.0. The van der Waals surface area contributed by atoms with Crippen molar-refractivity contribution in [3.8, 4) is 0 Å². The van der Waals surface area contributed by atoms with Crippen molar-refractivity contribution in [2.24, 2.45) is 0 Å². The number of hydrogen-bond acceptors (Lipinski definition) is 6. The van der Waals surface area contributed by atoms with Crippen LogP contribution in [0.4, 0.5) is 5.13 Å². The summed E-state index contributed by atoms with van der Waals surface area (Å²) >= 11 is 5.15. The zero-order chi connectivity index (χ0) is 14.4. The fourth-order valence-electron chi connectivity index (χ4n) is 1.42. The molecule has 0 saturated heterocycles. The molecule has 106 valence electrons. The molecule has 0 amide bonds. The first-order chi connectivity index (χ1) is 9.69. The minimum absolute atomic E-state index is 0.115. The monoisotopic (exact) mass is 419 g/mol. The standard InChI is InChI=1S/C13H14IN3OS2/c1-2-7-15-12-16-17-13(20-12)19-8-11(18)9-3-5-10(14)6-4-9/h3-6H,2,7-8H2,1H3,(H,15,16). The van der Waals surface area contributed by atoms with E-state index in [9.17, 15) is 4.79 Å². The van der Waals surface area contributed by atoms with Crippen LogP contribution in [0.5, 0.6) is 0 Å². The first kappa shape index (κ1) is 15.7. The van der Waals surface area contributed by atoms with Crippen molar-refractivity contribution in [1.82, 2.24) is 10.2 Å². The van der Waals surface area contributed by atoms with Gasteiger partial charge in [-0.1, -0.05) is 42.2 Å². The minimum Gasteiger partial charge on any atom is -0.360 e. The number of benzene rings is 1. The lowest BCUT2D eigenvalue weighted by atomic mass is 10.2. The lowest BCUT2D eigenvalue weighted by Gasteiger charge is -1.99. The van der Waals surface area contributed by atoms with Gasteiger partial charge in [0.2, 0.25) is 5.13 Å². The Morgan fingerprint density at radius 1 is 1.35 bits per heavy atom. The number of rotatable bonds is 7. The van der Waals surface area contributed by atoms with E-state index in [4.69, 9.17) is 0 Å². The molecular formula is C13H14IN3OS2. The number of halogens is 1. The number of anilines is 1. The Kier molecular flexibility index (Phi) is 6.24. The van der Waals surface area contributed by atoms with Crippen LogP contribution in [-0.2, 0) is 0 Å². The van der Waals surface area contributed by atoms with E-state index in [1.54, 1.807) is 0 Å². The number of nitrogens with one attached hydrogen (secondary N) is 1. The number of hydrogen-bond donors (Lipinski definition) is 1. The maximum Gasteiger partial charge on any atom is 0.206 e. The molecule has 0 bridgehead atoms. The van der Waals surface area contributed by atoms with Gasteiger partial charge in [0.15, 0.2) is 10.1 Å². The molecule has 0 saturated carbocycles. The topological polar surface area (TPSA) is 54.9 Å². The lowest BCUT2D eigenvalue weighted by Crippen LogP contribution is -2.01. The van der Waals surface area contributed by atoms with Crippen LogP contribution in [0.3, 0.4) is 0 Å². The van der Waals surface area contributed by atoms with E-state index < -0.39 is 0 Å². The summed E-state index contributed by atoms with van der Waals surface area (Å²) in [5, 5.41) is 12.1. The molecule has 1 aromatic carbocycles. The average molecular weight is 419 g/mol. The van der Waals surface area contributed by atoms with Gasteiger partial charge in [-0.05, 0) is 41.1 Å². The van der Waals surface area contributed by atoms with Crippen LogP contribution in [0.25, 0.3) is 0 Å². The van der Waals surface area contributed by atoms with Crippen molar-refractivity contribution >= 4 is 56.6 Å². The van der Waals surface area contributed by atoms with Crippen molar-refractivity contribution in [3.05, 3.63) is 33.4 Å². The van der Waals surface area contributed by atoms with Crippen LogP contribution in [0.15, 0.2) is 28.6 Å². The van der Waals surface area contributed by atoms with Crippen molar-refractivity contribution in [3.63, 3.8) is 0 Å². The van der Waals surface area contributed by atoms with Crippen LogP contribution in [0.2, 0.25) is 0 Å². The Morgan fingerprint density at radius 3 is 2.80 bits per heavy atom. The van der Waals surface area contributed by atoms with Gasteiger partial charge in [-0.25, -0.2) is 0 Å². The minimum atomic E-state index is 0.115. The van der Waals surface area contributed by atoms with Crippen molar-refractivity contribution in [1.29, 1.82) is 0 Å². The lowest BCUT2D eigenvalue weighted by molar-refractivity contribution is 0.102. The van der Waals surface area contributed by atoms with Crippen molar-refractivity contribution in [2.45, 2.75) is 17.7 Å². The molecule has 7 heteroatoms. The summed E-state index contributed by atoms with van der Waals surface area (Å²) < 4.78 is 1.95. The number of carbonyl (C=O) groups is 1. The molecule has 0 radical (unpaired) electrons. The summed E-state index contributed by atoms with van der Waals surface area (Å²) in [6.45, 7) is 2.99. The first-order valence-corrected chi connectivity index (χ1v) is 9.06. The Bertz CT molecular complexity index is 571. The third kappa shape index (κ3) is 4.71. The van der Waals surface area contributed by atoms with Crippen molar-refractivity contribution < 1.29 is 4.79 Å². The average Bonchev–Trinajstić information content (AvgIpc) is 2.91. The molecule has 1 N–H and O–H groups in total. The normalized spacial score (nSPS) is 10.5. The Labute approximate surface area is 139 Å². The molecule has 1 aromatic heterocycles. The van der Waals surface area contributed by atoms with E-state index >= 15 is 0 Å².